The highest BCUT2D eigenvalue weighted by Crippen LogP contribution is 2.05. The molecule has 1 heterocycles. The number of carboxylic acid groups (broad SMARTS) is 1. The van der Waals surface area contributed by atoms with Gasteiger partial charge in [-0.2, -0.15) is 0 Å². The lowest BCUT2D eigenvalue weighted by Gasteiger charge is -2.11. The van der Waals surface area contributed by atoms with E-state index in [0.29, 0.717) is 6.67 Å². The van der Waals surface area contributed by atoms with Crippen LogP contribution in [0.1, 0.15) is 6.92 Å². The van der Waals surface area contributed by atoms with Gasteiger partial charge in [0.1, 0.15) is 6.04 Å². The average molecular weight is 158 g/mol. The van der Waals surface area contributed by atoms with Gasteiger partial charge in [0.15, 0.2) is 0 Å². The van der Waals surface area contributed by atoms with E-state index in [2.05, 4.69) is 10.6 Å². The van der Waals surface area contributed by atoms with Gasteiger partial charge in [0, 0.05) is 0 Å². The summed E-state index contributed by atoms with van der Waals surface area (Å²) >= 11 is 0. The summed E-state index contributed by atoms with van der Waals surface area (Å²) < 4.78 is 0. The van der Waals surface area contributed by atoms with Crippen molar-refractivity contribution in [3.8, 4) is 0 Å². The number of aliphatic carboxylic acids is 1. The Morgan fingerprint density at radius 2 is 2.45 bits per heavy atom. The minimum atomic E-state index is -0.959. The topological polar surface area (TPSA) is 78.4 Å². The summed E-state index contributed by atoms with van der Waals surface area (Å²) in [6.07, 6.45) is 0. The molecule has 1 aliphatic heterocycles. The van der Waals surface area contributed by atoms with Gasteiger partial charge >= 0.3 is 5.97 Å². The van der Waals surface area contributed by atoms with E-state index in [1.54, 1.807) is 0 Å². The number of hydrogen-bond acceptors (Lipinski definition) is 3. The molecular weight excluding hydrogens is 148 g/mol. The lowest BCUT2D eigenvalue weighted by molar-refractivity contribution is -0.143. The molecule has 1 aliphatic rings. The van der Waals surface area contributed by atoms with Crippen LogP contribution in [0.5, 0.6) is 0 Å². The van der Waals surface area contributed by atoms with E-state index in [1.165, 1.54) is 6.92 Å². The fraction of sp³-hybridized carbons (Fsp3) is 0.667. The molecule has 0 bridgehead atoms. The van der Waals surface area contributed by atoms with Crippen LogP contribution >= 0.6 is 0 Å². The Morgan fingerprint density at radius 1 is 1.82 bits per heavy atom. The van der Waals surface area contributed by atoms with Crippen molar-refractivity contribution in [2.24, 2.45) is 5.92 Å². The van der Waals surface area contributed by atoms with E-state index in [1.807, 2.05) is 0 Å². The third-order valence-electron chi connectivity index (χ3n) is 1.76. The van der Waals surface area contributed by atoms with Crippen molar-refractivity contribution >= 4 is 11.9 Å². The molecule has 0 spiro atoms. The molecule has 0 aromatic rings. The Labute approximate surface area is 63.8 Å². The van der Waals surface area contributed by atoms with Gasteiger partial charge in [-0.25, -0.2) is 0 Å². The summed E-state index contributed by atoms with van der Waals surface area (Å²) in [5.74, 6) is -1.86. The highest BCUT2D eigenvalue weighted by atomic mass is 16.4. The Bertz CT molecular complexity index is 192. The molecule has 11 heavy (non-hydrogen) atoms. The van der Waals surface area contributed by atoms with Crippen LogP contribution in [0, 0.1) is 5.92 Å². The summed E-state index contributed by atoms with van der Waals surface area (Å²) in [7, 11) is 0. The summed E-state index contributed by atoms with van der Waals surface area (Å²) in [4.78, 5) is 21.3. The van der Waals surface area contributed by atoms with Crippen LogP contribution in [-0.4, -0.2) is 29.7 Å². The Morgan fingerprint density at radius 3 is 2.82 bits per heavy atom. The first-order valence-corrected chi connectivity index (χ1v) is 3.37. The third kappa shape index (κ3) is 1.48. The van der Waals surface area contributed by atoms with Crippen LogP contribution in [0.3, 0.4) is 0 Å². The predicted molar refractivity (Wildman–Crippen MR) is 36.7 cm³/mol. The summed E-state index contributed by atoms with van der Waals surface area (Å²) in [6.45, 7) is 1.87. The summed E-state index contributed by atoms with van der Waals surface area (Å²) in [6, 6.07) is -0.576. The van der Waals surface area contributed by atoms with Crippen LogP contribution in [-0.2, 0) is 9.59 Å². The van der Waals surface area contributed by atoms with Gasteiger partial charge in [-0.15, -0.1) is 0 Å². The number of carbonyl (C=O) groups excluding carboxylic acids is 1. The van der Waals surface area contributed by atoms with Gasteiger partial charge in [-0.1, -0.05) is 0 Å². The molecule has 0 radical (unpaired) electrons. The molecule has 1 saturated heterocycles. The monoisotopic (exact) mass is 158 g/mol. The van der Waals surface area contributed by atoms with E-state index in [0.717, 1.165) is 0 Å². The lowest BCUT2D eigenvalue weighted by atomic mass is 10.0. The lowest BCUT2D eigenvalue weighted by Crippen LogP contribution is -2.38. The van der Waals surface area contributed by atoms with Crippen molar-refractivity contribution in [2.45, 2.75) is 13.0 Å². The molecule has 0 aliphatic carbocycles. The van der Waals surface area contributed by atoms with Gasteiger partial charge in [0.25, 0.3) is 0 Å². The molecule has 0 saturated carbocycles. The van der Waals surface area contributed by atoms with Gasteiger partial charge in [-0.05, 0) is 6.92 Å². The number of carboxylic acids is 1. The first kappa shape index (κ1) is 8.00. The SMILES string of the molecule is CC(C(=O)O)C1NCNC1=O. The van der Waals surface area contributed by atoms with E-state index in [4.69, 9.17) is 5.11 Å². The highest BCUT2D eigenvalue weighted by Gasteiger charge is 2.32. The van der Waals surface area contributed by atoms with E-state index >= 15 is 0 Å². The zero-order chi connectivity index (χ0) is 8.43. The van der Waals surface area contributed by atoms with Crippen molar-refractivity contribution in [1.29, 1.82) is 0 Å². The molecule has 1 rings (SSSR count). The van der Waals surface area contributed by atoms with Gasteiger partial charge in [-0.3, -0.25) is 14.9 Å². The Balaban J connectivity index is 2.59. The van der Waals surface area contributed by atoms with Gasteiger partial charge in [0.2, 0.25) is 5.91 Å². The smallest absolute Gasteiger partial charge is 0.308 e. The second-order valence-corrected chi connectivity index (χ2v) is 2.53. The van der Waals surface area contributed by atoms with Crippen LogP contribution in [0.15, 0.2) is 0 Å². The maximum Gasteiger partial charge on any atom is 0.308 e. The fourth-order valence-corrected chi connectivity index (χ4v) is 0.997. The van der Waals surface area contributed by atoms with Gasteiger partial charge in [0.05, 0.1) is 12.6 Å². The average Bonchev–Trinajstić information content (AvgIpc) is 2.33. The highest BCUT2D eigenvalue weighted by molar-refractivity contribution is 5.88. The summed E-state index contributed by atoms with van der Waals surface area (Å²) in [5, 5.41) is 13.8. The molecule has 0 aromatic heterocycles. The van der Waals surface area contributed by atoms with E-state index in [-0.39, 0.29) is 5.91 Å². The van der Waals surface area contributed by atoms with E-state index in [9.17, 15) is 9.59 Å². The first-order chi connectivity index (χ1) is 5.13. The minimum absolute atomic E-state index is 0.236. The maximum atomic E-state index is 10.9. The molecule has 3 N–H and O–H groups in total. The molecule has 1 fully saturated rings. The van der Waals surface area contributed by atoms with E-state index < -0.39 is 17.9 Å². The standard InChI is InChI=1S/C6H10N2O3/c1-3(6(10)11)4-5(9)8-2-7-4/h3-4,7H,2H2,1H3,(H,8,9)(H,10,11). The molecule has 2 atom stereocenters. The second kappa shape index (κ2) is 2.87. The number of rotatable bonds is 2. The number of hydrogen-bond donors (Lipinski definition) is 3. The molecule has 1 amide bonds. The van der Waals surface area contributed by atoms with Crippen LogP contribution in [0.2, 0.25) is 0 Å². The van der Waals surface area contributed by atoms with Crippen molar-refractivity contribution < 1.29 is 14.7 Å². The maximum absolute atomic E-state index is 10.9. The molecule has 0 aromatic carbocycles. The summed E-state index contributed by atoms with van der Waals surface area (Å²) in [5.41, 5.74) is 0. The van der Waals surface area contributed by atoms with Crippen molar-refractivity contribution in [2.75, 3.05) is 6.67 Å². The number of amides is 1. The molecule has 62 valence electrons. The van der Waals surface area contributed by atoms with Crippen LogP contribution in [0.4, 0.5) is 0 Å². The zero-order valence-electron chi connectivity index (χ0n) is 6.13. The van der Waals surface area contributed by atoms with Crippen LogP contribution in [0.25, 0.3) is 0 Å². The van der Waals surface area contributed by atoms with Gasteiger partial charge < -0.3 is 10.4 Å². The Hall–Kier alpha value is -1.10. The molecule has 5 heteroatoms. The predicted octanol–water partition coefficient (Wildman–Crippen LogP) is -1.25. The van der Waals surface area contributed by atoms with Crippen molar-refractivity contribution in [1.82, 2.24) is 10.6 Å². The molecular formula is C6H10N2O3. The largest absolute Gasteiger partial charge is 0.481 e. The number of nitrogens with one attached hydrogen (secondary N) is 2. The number of carbonyl (C=O) groups is 2. The zero-order valence-corrected chi connectivity index (χ0v) is 6.13. The molecule has 2 unspecified atom stereocenters. The fourth-order valence-electron chi connectivity index (χ4n) is 0.997. The first-order valence-electron chi connectivity index (χ1n) is 3.37. The third-order valence-corrected chi connectivity index (χ3v) is 1.76. The second-order valence-electron chi connectivity index (χ2n) is 2.53. The quantitative estimate of drug-likeness (QED) is 0.469. The van der Waals surface area contributed by atoms with Crippen molar-refractivity contribution in [3.05, 3.63) is 0 Å². The van der Waals surface area contributed by atoms with Crippen molar-refractivity contribution in [3.63, 3.8) is 0 Å². The normalized spacial score (nSPS) is 26.3. The minimum Gasteiger partial charge on any atom is -0.481 e. The molecule has 5 nitrogen and oxygen atoms in total. The van der Waals surface area contributed by atoms with Crippen LogP contribution < -0.4 is 10.6 Å². The Kier molecular flexibility index (Phi) is 2.09.